The first-order chi connectivity index (χ1) is 16.3. The molecule has 0 saturated carbocycles. The quantitative estimate of drug-likeness (QED) is 0.400. The molecule has 0 spiro atoms. The number of benzene rings is 1. The van der Waals surface area contributed by atoms with Gasteiger partial charge in [-0.1, -0.05) is 29.0 Å². The SMILES string of the molecule is COCc1nnc(NC(=O)Cn2cnc3sc(C(=O)Nc4ccc(C)cc4C)c(C)c3c2=O)s1. The summed E-state index contributed by atoms with van der Waals surface area (Å²) in [6, 6.07) is 5.76. The van der Waals surface area contributed by atoms with E-state index in [1.807, 2.05) is 32.0 Å². The van der Waals surface area contributed by atoms with Gasteiger partial charge < -0.3 is 10.1 Å². The number of nitrogens with one attached hydrogen (secondary N) is 2. The summed E-state index contributed by atoms with van der Waals surface area (Å²) < 4.78 is 6.19. The molecule has 0 aliphatic carbocycles. The third-order valence-electron chi connectivity index (χ3n) is 5.05. The summed E-state index contributed by atoms with van der Waals surface area (Å²) in [7, 11) is 1.54. The van der Waals surface area contributed by atoms with Crippen LogP contribution in [0.1, 0.15) is 31.4 Å². The summed E-state index contributed by atoms with van der Waals surface area (Å²) in [5.41, 5.74) is 2.90. The van der Waals surface area contributed by atoms with Crippen LogP contribution in [0.2, 0.25) is 0 Å². The van der Waals surface area contributed by atoms with Crippen LogP contribution in [-0.2, 0) is 22.7 Å². The minimum absolute atomic E-state index is 0.250. The summed E-state index contributed by atoms with van der Waals surface area (Å²) in [6.45, 7) is 5.66. The van der Waals surface area contributed by atoms with E-state index in [4.69, 9.17) is 4.74 Å². The van der Waals surface area contributed by atoms with Crippen molar-refractivity contribution in [1.29, 1.82) is 0 Å². The molecule has 0 saturated heterocycles. The minimum atomic E-state index is -0.441. The summed E-state index contributed by atoms with van der Waals surface area (Å²) in [4.78, 5) is 43.6. The van der Waals surface area contributed by atoms with Gasteiger partial charge in [0.15, 0.2) is 0 Å². The molecule has 3 aromatic heterocycles. The molecule has 34 heavy (non-hydrogen) atoms. The van der Waals surface area contributed by atoms with E-state index in [1.165, 1.54) is 22.2 Å². The lowest BCUT2D eigenvalue weighted by atomic mass is 10.1. The number of ether oxygens (including phenoxy) is 1. The molecule has 0 aliphatic heterocycles. The molecule has 4 rings (SSSR count). The zero-order chi connectivity index (χ0) is 24.4. The van der Waals surface area contributed by atoms with E-state index >= 15 is 0 Å². The Kier molecular flexibility index (Phi) is 6.82. The van der Waals surface area contributed by atoms with Gasteiger partial charge in [-0.25, -0.2) is 4.98 Å². The second-order valence-corrected chi connectivity index (χ2v) is 9.73. The molecule has 1 aromatic carbocycles. The van der Waals surface area contributed by atoms with Gasteiger partial charge in [0.1, 0.15) is 23.0 Å². The van der Waals surface area contributed by atoms with E-state index in [2.05, 4.69) is 25.8 Å². The van der Waals surface area contributed by atoms with Crippen molar-refractivity contribution in [2.45, 2.75) is 33.9 Å². The Bertz CT molecular complexity index is 1460. The van der Waals surface area contributed by atoms with Crippen LogP contribution in [0.3, 0.4) is 0 Å². The molecule has 2 amide bonds. The molecule has 0 bridgehead atoms. The number of methoxy groups -OCH3 is 1. The number of carbonyl (C=O) groups excluding carboxylic acids is 2. The minimum Gasteiger partial charge on any atom is -0.377 e. The molecule has 4 aromatic rings. The lowest BCUT2D eigenvalue weighted by Crippen LogP contribution is -2.28. The molecule has 2 N–H and O–H groups in total. The van der Waals surface area contributed by atoms with E-state index in [0.29, 0.717) is 43.1 Å². The third-order valence-corrected chi connectivity index (χ3v) is 7.06. The number of thiophene rings is 1. The molecule has 3 heterocycles. The zero-order valence-corrected chi connectivity index (χ0v) is 20.6. The van der Waals surface area contributed by atoms with Crippen molar-refractivity contribution in [1.82, 2.24) is 19.7 Å². The maximum absolute atomic E-state index is 13.1. The highest BCUT2D eigenvalue weighted by Gasteiger charge is 2.21. The molecular formula is C22H22N6O4S2. The first kappa shape index (κ1) is 23.7. The Morgan fingerprint density at radius 2 is 1.91 bits per heavy atom. The zero-order valence-electron chi connectivity index (χ0n) is 19.0. The monoisotopic (exact) mass is 498 g/mol. The number of hydrogen-bond donors (Lipinski definition) is 2. The van der Waals surface area contributed by atoms with Crippen LogP contribution in [0.25, 0.3) is 10.2 Å². The Morgan fingerprint density at radius 1 is 1.12 bits per heavy atom. The number of anilines is 2. The van der Waals surface area contributed by atoms with Crippen molar-refractivity contribution in [3.05, 3.63) is 61.5 Å². The summed E-state index contributed by atoms with van der Waals surface area (Å²) in [5, 5.41) is 14.6. The average molecular weight is 499 g/mol. The largest absolute Gasteiger partial charge is 0.377 e. The van der Waals surface area contributed by atoms with Crippen LogP contribution in [0.5, 0.6) is 0 Å². The maximum Gasteiger partial charge on any atom is 0.266 e. The number of amides is 2. The van der Waals surface area contributed by atoms with Gasteiger partial charge in [0.25, 0.3) is 11.5 Å². The fraction of sp³-hybridized carbons (Fsp3) is 0.273. The predicted molar refractivity (Wildman–Crippen MR) is 132 cm³/mol. The number of rotatable bonds is 7. The molecule has 10 nitrogen and oxygen atoms in total. The molecule has 0 fully saturated rings. The van der Waals surface area contributed by atoms with Crippen molar-refractivity contribution >= 4 is 55.5 Å². The van der Waals surface area contributed by atoms with Crippen molar-refractivity contribution in [3.8, 4) is 0 Å². The molecule has 176 valence electrons. The Labute approximate surface area is 202 Å². The van der Waals surface area contributed by atoms with Gasteiger partial charge in [0.2, 0.25) is 11.0 Å². The Balaban J connectivity index is 1.55. The van der Waals surface area contributed by atoms with Gasteiger partial charge >= 0.3 is 0 Å². The first-order valence-electron chi connectivity index (χ1n) is 10.2. The van der Waals surface area contributed by atoms with Crippen molar-refractivity contribution in [2.75, 3.05) is 17.7 Å². The van der Waals surface area contributed by atoms with Gasteiger partial charge in [-0.3, -0.25) is 24.3 Å². The van der Waals surface area contributed by atoms with Crippen LogP contribution in [0.15, 0.2) is 29.3 Å². The Hall–Kier alpha value is -3.48. The highest BCUT2D eigenvalue weighted by molar-refractivity contribution is 7.20. The highest BCUT2D eigenvalue weighted by Crippen LogP contribution is 2.28. The van der Waals surface area contributed by atoms with Crippen LogP contribution in [-0.4, -0.2) is 38.7 Å². The fourth-order valence-electron chi connectivity index (χ4n) is 3.42. The third kappa shape index (κ3) is 4.88. The van der Waals surface area contributed by atoms with Gasteiger partial charge in [-0.05, 0) is 38.0 Å². The van der Waals surface area contributed by atoms with Crippen LogP contribution in [0.4, 0.5) is 10.8 Å². The highest BCUT2D eigenvalue weighted by atomic mass is 32.1. The van der Waals surface area contributed by atoms with Crippen LogP contribution >= 0.6 is 22.7 Å². The lowest BCUT2D eigenvalue weighted by molar-refractivity contribution is -0.116. The number of aryl methyl sites for hydroxylation is 3. The maximum atomic E-state index is 13.1. The number of carbonyl (C=O) groups is 2. The number of fused-ring (bicyclic) bond motifs is 1. The normalized spacial score (nSPS) is 11.1. The van der Waals surface area contributed by atoms with Crippen molar-refractivity contribution in [3.63, 3.8) is 0 Å². The second-order valence-electron chi connectivity index (χ2n) is 7.67. The fourth-order valence-corrected chi connectivity index (χ4v) is 5.18. The molecule has 0 atom stereocenters. The molecule has 0 radical (unpaired) electrons. The van der Waals surface area contributed by atoms with Crippen LogP contribution in [0, 0.1) is 20.8 Å². The molecular weight excluding hydrogens is 476 g/mol. The summed E-state index contributed by atoms with van der Waals surface area (Å²) in [6.07, 6.45) is 1.31. The second kappa shape index (κ2) is 9.79. The van der Waals surface area contributed by atoms with E-state index in [0.717, 1.165) is 22.5 Å². The van der Waals surface area contributed by atoms with Gasteiger partial charge in [0, 0.05) is 12.8 Å². The van der Waals surface area contributed by atoms with Crippen molar-refractivity contribution < 1.29 is 14.3 Å². The van der Waals surface area contributed by atoms with Crippen LogP contribution < -0.4 is 16.2 Å². The predicted octanol–water partition coefficient (Wildman–Crippen LogP) is 3.27. The number of hydrogen-bond acceptors (Lipinski definition) is 9. The standard InChI is InChI=1S/C22H22N6O4S2/c1-11-5-6-14(12(2)7-11)24-19(30)18-13(3)17-20(34-18)23-10-28(21(17)31)8-15(29)25-22-27-26-16(33-22)9-32-4/h5-7,10H,8-9H2,1-4H3,(H,24,30)(H,25,27,29). The van der Waals surface area contributed by atoms with E-state index in [-0.39, 0.29) is 12.5 Å². The molecule has 12 heteroatoms. The average Bonchev–Trinajstić information content (AvgIpc) is 3.36. The van der Waals surface area contributed by atoms with Gasteiger partial charge in [-0.15, -0.1) is 21.5 Å². The molecule has 0 aliphatic rings. The number of nitrogens with zero attached hydrogens (tertiary/aromatic N) is 4. The van der Waals surface area contributed by atoms with E-state index in [9.17, 15) is 14.4 Å². The smallest absolute Gasteiger partial charge is 0.266 e. The number of aromatic nitrogens is 4. The van der Waals surface area contributed by atoms with Gasteiger partial charge in [0.05, 0.1) is 16.6 Å². The molecule has 0 unspecified atom stereocenters. The van der Waals surface area contributed by atoms with Gasteiger partial charge in [-0.2, -0.15) is 0 Å². The van der Waals surface area contributed by atoms with Crippen molar-refractivity contribution in [2.24, 2.45) is 0 Å². The van der Waals surface area contributed by atoms with E-state index in [1.54, 1.807) is 14.0 Å². The Morgan fingerprint density at radius 3 is 2.65 bits per heavy atom. The topological polar surface area (TPSA) is 128 Å². The summed E-state index contributed by atoms with van der Waals surface area (Å²) >= 11 is 2.34. The van der Waals surface area contributed by atoms with E-state index < -0.39 is 11.5 Å². The summed E-state index contributed by atoms with van der Waals surface area (Å²) in [5.74, 6) is -0.747. The lowest BCUT2D eigenvalue weighted by Gasteiger charge is -2.08. The first-order valence-corrected chi connectivity index (χ1v) is 11.9.